The van der Waals surface area contributed by atoms with E-state index in [9.17, 15) is 4.79 Å². The third-order valence-electron chi connectivity index (χ3n) is 2.57. The van der Waals surface area contributed by atoms with E-state index in [1.54, 1.807) is 12.1 Å². The highest BCUT2D eigenvalue weighted by atomic mass is 35.5. The summed E-state index contributed by atoms with van der Waals surface area (Å²) < 4.78 is 5.14. The van der Waals surface area contributed by atoms with Crippen LogP contribution >= 0.6 is 11.6 Å². The van der Waals surface area contributed by atoms with Crippen LogP contribution in [-0.4, -0.2) is 10.9 Å². The highest BCUT2D eigenvalue weighted by Gasteiger charge is 2.07. The lowest BCUT2D eigenvalue weighted by Crippen LogP contribution is -2.24. The topological polar surface area (TPSA) is 55.1 Å². The van der Waals surface area contributed by atoms with Gasteiger partial charge in [0.15, 0.2) is 6.39 Å². The summed E-state index contributed by atoms with van der Waals surface area (Å²) >= 11 is 5.77. The van der Waals surface area contributed by atoms with Crippen LogP contribution in [0.1, 0.15) is 17.0 Å². The number of aromatic nitrogens is 1. The molecule has 1 amide bonds. The van der Waals surface area contributed by atoms with Crippen molar-refractivity contribution in [3.05, 3.63) is 52.7 Å². The molecule has 0 aliphatic heterocycles. The molecule has 0 spiro atoms. The molecule has 1 N–H and O–H groups in total. The van der Waals surface area contributed by atoms with Crippen molar-refractivity contribution in [3.63, 3.8) is 0 Å². The van der Waals surface area contributed by atoms with Crippen LogP contribution < -0.4 is 5.32 Å². The zero-order chi connectivity index (χ0) is 13.0. The molecule has 0 aliphatic carbocycles. The Kier molecular flexibility index (Phi) is 3.99. The van der Waals surface area contributed by atoms with Gasteiger partial charge in [0, 0.05) is 5.02 Å². The highest BCUT2D eigenvalue weighted by molar-refractivity contribution is 6.30. The van der Waals surface area contributed by atoms with Crippen LogP contribution in [0, 0.1) is 6.92 Å². The first kappa shape index (κ1) is 12.6. The van der Waals surface area contributed by atoms with Crippen molar-refractivity contribution >= 4 is 17.5 Å². The molecular formula is C13H13ClN2O2. The molecule has 2 aromatic rings. The van der Waals surface area contributed by atoms with Crippen LogP contribution in [0.5, 0.6) is 0 Å². The summed E-state index contributed by atoms with van der Waals surface area (Å²) in [7, 11) is 0. The lowest BCUT2D eigenvalue weighted by molar-refractivity contribution is -0.120. The van der Waals surface area contributed by atoms with Crippen molar-refractivity contribution in [3.8, 4) is 0 Å². The normalized spacial score (nSPS) is 10.3. The Hall–Kier alpha value is -1.81. The molecule has 0 saturated carbocycles. The van der Waals surface area contributed by atoms with Crippen molar-refractivity contribution in [2.45, 2.75) is 19.9 Å². The fraction of sp³-hybridized carbons (Fsp3) is 0.231. The fourth-order valence-electron chi connectivity index (χ4n) is 1.52. The zero-order valence-corrected chi connectivity index (χ0v) is 10.7. The number of hydrogen-bond donors (Lipinski definition) is 1. The Bertz CT molecular complexity index is 534. The van der Waals surface area contributed by atoms with Crippen molar-refractivity contribution in [2.24, 2.45) is 0 Å². The van der Waals surface area contributed by atoms with Crippen LogP contribution in [0.4, 0.5) is 0 Å². The largest absolute Gasteiger partial charge is 0.446 e. The first-order valence-electron chi connectivity index (χ1n) is 5.55. The Morgan fingerprint density at radius 3 is 2.72 bits per heavy atom. The van der Waals surface area contributed by atoms with Crippen molar-refractivity contribution in [1.29, 1.82) is 0 Å². The molecule has 0 atom stereocenters. The highest BCUT2D eigenvalue weighted by Crippen LogP contribution is 2.10. The molecule has 0 radical (unpaired) electrons. The maximum atomic E-state index is 11.7. The van der Waals surface area contributed by atoms with Gasteiger partial charge in [-0.25, -0.2) is 4.98 Å². The van der Waals surface area contributed by atoms with Gasteiger partial charge < -0.3 is 9.73 Å². The van der Waals surface area contributed by atoms with E-state index in [0.717, 1.165) is 11.3 Å². The molecule has 0 bridgehead atoms. The minimum atomic E-state index is -0.0619. The standard InChI is InChI=1S/C13H13ClN2O2/c1-9-12(18-8-16-9)7-15-13(17)6-10-2-4-11(14)5-3-10/h2-5,8H,6-7H2,1H3,(H,15,17). The molecule has 0 saturated heterocycles. The van der Waals surface area contributed by atoms with Crippen LogP contribution in [0.15, 0.2) is 35.1 Å². The number of nitrogens with zero attached hydrogens (tertiary/aromatic N) is 1. The number of rotatable bonds is 4. The molecule has 2 rings (SSSR count). The van der Waals surface area contributed by atoms with Crippen molar-refractivity contribution in [1.82, 2.24) is 10.3 Å². The molecule has 18 heavy (non-hydrogen) atoms. The minimum Gasteiger partial charge on any atom is -0.446 e. The minimum absolute atomic E-state index is 0.0619. The van der Waals surface area contributed by atoms with Crippen LogP contribution in [-0.2, 0) is 17.8 Å². The Morgan fingerprint density at radius 2 is 2.11 bits per heavy atom. The van der Waals surface area contributed by atoms with E-state index >= 15 is 0 Å². The van der Waals surface area contributed by atoms with Crippen molar-refractivity contribution in [2.75, 3.05) is 0 Å². The molecule has 1 heterocycles. The van der Waals surface area contributed by atoms with Crippen molar-refractivity contribution < 1.29 is 9.21 Å². The average molecular weight is 265 g/mol. The summed E-state index contributed by atoms with van der Waals surface area (Å²) in [5.41, 5.74) is 1.72. The maximum Gasteiger partial charge on any atom is 0.224 e. The molecule has 1 aromatic heterocycles. The van der Waals surface area contributed by atoms with Gasteiger partial charge in [-0.3, -0.25) is 4.79 Å². The Labute approximate surface area is 110 Å². The maximum absolute atomic E-state index is 11.7. The molecule has 4 nitrogen and oxygen atoms in total. The summed E-state index contributed by atoms with van der Waals surface area (Å²) in [4.78, 5) is 15.7. The third-order valence-corrected chi connectivity index (χ3v) is 2.82. The zero-order valence-electron chi connectivity index (χ0n) is 9.94. The lowest BCUT2D eigenvalue weighted by Gasteiger charge is -2.04. The third kappa shape index (κ3) is 3.34. The Balaban J connectivity index is 1.86. The second-order valence-electron chi connectivity index (χ2n) is 3.94. The molecular weight excluding hydrogens is 252 g/mol. The molecule has 0 aliphatic rings. The van der Waals surface area contributed by atoms with Gasteiger partial charge in [0.05, 0.1) is 18.7 Å². The summed E-state index contributed by atoms with van der Waals surface area (Å²) in [5.74, 6) is 0.618. The first-order valence-corrected chi connectivity index (χ1v) is 5.93. The summed E-state index contributed by atoms with van der Waals surface area (Å²) in [6.45, 7) is 2.20. The number of halogens is 1. The number of amides is 1. The monoisotopic (exact) mass is 264 g/mol. The average Bonchev–Trinajstić information content (AvgIpc) is 2.75. The molecule has 1 aromatic carbocycles. The molecule has 5 heteroatoms. The van der Waals surface area contributed by atoms with Gasteiger partial charge in [0.1, 0.15) is 5.76 Å². The van der Waals surface area contributed by atoms with Gasteiger partial charge in [-0.1, -0.05) is 23.7 Å². The molecule has 0 fully saturated rings. The molecule has 94 valence electrons. The number of carbonyl (C=O) groups is 1. The van der Waals surface area contributed by atoms with Gasteiger partial charge in [-0.2, -0.15) is 0 Å². The number of aryl methyl sites for hydroxylation is 1. The van der Waals surface area contributed by atoms with E-state index < -0.39 is 0 Å². The van der Waals surface area contributed by atoms with Crippen LogP contribution in [0.2, 0.25) is 5.02 Å². The second kappa shape index (κ2) is 5.69. The van der Waals surface area contributed by atoms with Crippen LogP contribution in [0.3, 0.4) is 0 Å². The smallest absolute Gasteiger partial charge is 0.224 e. The van der Waals surface area contributed by atoms with E-state index in [-0.39, 0.29) is 5.91 Å². The predicted molar refractivity (Wildman–Crippen MR) is 68.2 cm³/mol. The first-order chi connectivity index (χ1) is 8.65. The van der Waals surface area contributed by atoms with Gasteiger partial charge in [0.2, 0.25) is 5.91 Å². The summed E-state index contributed by atoms with van der Waals surface area (Å²) in [6.07, 6.45) is 1.69. The summed E-state index contributed by atoms with van der Waals surface area (Å²) in [5, 5.41) is 3.45. The number of nitrogens with one attached hydrogen (secondary N) is 1. The second-order valence-corrected chi connectivity index (χ2v) is 4.38. The van der Waals surface area contributed by atoms with Gasteiger partial charge in [-0.05, 0) is 24.6 Å². The number of oxazole rings is 1. The number of carbonyl (C=O) groups excluding carboxylic acids is 1. The number of benzene rings is 1. The fourth-order valence-corrected chi connectivity index (χ4v) is 1.65. The van der Waals surface area contributed by atoms with E-state index in [1.807, 2.05) is 19.1 Å². The molecule has 0 unspecified atom stereocenters. The van der Waals surface area contributed by atoms with E-state index in [1.165, 1.54) is 6.39 Å². The lowest BCUT2D eigenvalue weighted by atomic mass is 10.1. The van der Waals surface area contributed by atoms with E-state index in [2.05, 4.69) is 10.3 Å². The quantitative estimate of drug-likeness (QED) is 0.923. The van der Waals surface area contributed by atoms with Gasteiger partial charge in [0.25, 0.3) is 0 Å². The van der Waals surface area contributed by atoms with Gasteiger partial charge in [-0.15, -0.1) is 0 Å². The van der Waals surface area contributed by atoms with E-state index in [0.29, 0.717) is 23.7 Å². The number of hydrogen-bond acceptors (Lipinski definition) is 3. The van der Waals surface area contributed by atoms with E-state index in [4.69, 9.17) is 16.0 Å². The predicted octanol–water partition coefficient (Wildman–Crippen LogP) is 2.50. The van der Waals surface area contributed by atoms with Gasteiger partial charge >= 0.3 is 0 Å². The SMILES string of the molecule is Cc1ncoc1CNC(=O)Cc1ccc(Cl)cc1. The Morgan fingerprint density at radius 1 is 1.39 bits per heavy atom. The summed E-state index contributed by atoms with van der Waals surface area (Å²) in [6, 6.07) is 7.21. The van der Waals surface area contributed by atoms with Crippen LogP contribution in [0.25, 0.3) is 0 Å².